The monoisotopic (exact) mass is 270 g/mol. The van der Waals surface area contributed by atoms with Gasteiger partial charge >= 0.3 is 6.09 Å². The van der Waals surface area contributed by atoms with Crippen LogP contribution < -0.4 is 11.1 Å². The van der Waals surface area contributed by atoms with Gasteiger partial charge in [0.1, 0.15) is 0 Å². The molecular weight excluding hydrogens is 244 g/mol. The molecule has 0 radical (unpaired) electrons. The number of carbonyl (C=O) groups is 2. The Kier molecular flexibility index (Phi) is 7.19. The first kappa shape index (κ1) is 17.5. The van der Waals surface area contributed by atoms with Crippen LogP contribution in [0.4, 0.5) is 4.79 Å². The molecule has 3 N–H and O–H groups in total. The highest BCUT2D eigenvalue weighted by molar-refractivity contribution is 5.92. The zero-order valence-electron chi connectivity index (χ0n) is 12.6. The second kappa shape index (κ2) is 7.81. The molecule has 0 aromatic heterocycles. The first-order valence-electron chi connectivity index (χ1n) is 6.54. The third-order valence-corrected chi connectivity index (χ3v) is 3.02. The molecule has 0 saturated heterocycles. The van der Waals surface area contributed by atoms with Crippen molar-refractivity contribution in [3.8, 4) is 0 Å². The molecule has 19 heavy (non-hydrogen) atoms. The van der Waals surface area contributed by atoms with Crippen LogP contribution in [0.15, 0.2) is 11.6 Å². The lowest BCUT2D eigenvalue weighted by Gasteiger charge is -2.31. The van der Waals surface area contributed by atoms with Gasteiger partial charge in [-0.15, -0.1) is 0 Å². The highest BCUT2D eigenvalue weighted by atomic mass is 16.5. The van der Waals surface area contributed by atoms with E-state index in [1.807, 2.05) is 6.92 Å². The number of hydrogen-bond donors (Lipinski definition) is 2. The SMILES string of the molecule is CC=C(C)C(=O)NC(CCCOC(N)=O)C(C)(C)C. The lowest BCUT2D eigenvalue weighted by atomic mass is 9.84. The zero-order valence-corrected chi connectivity index (χ0v) is 12.6. The smallest absolute Gasteiger partial charge is 0.404 e. The van der Waals surface area contributed by atoms with Crippen LogP contribution in [0.3, 0.4) is 0 Å². The maximum atomic E-state index is 11.9. The van der Waals surface area contributed by atoms with E-state index < -0.39 is 6.09 Å². The summed E-state index contributed by atoms with van der Waals surface area (Å²) in [6, 6.07) is 0.0198. The van der Waals surface area contributed by atoms with Gasteiger partial charge in [-0.2, -0.15) is 0 Å². The third kappa shape index (κ3) is 7.49. The summed E-state index contributed by atoms with van der Waals surface area (Å²) < 4.78 is 4.69. The van der Waals surface area contributed by atoms with E-state index in [2.05, 4.69) is 26.1 Å². The lowest BCUT2D eigenvalue weighted by molar-refractivity contribution is -0.119. The van der Waals surface area contributed by atoms with Gasteiger partial charge in [-0.05, 0) is 32.1 Å². The van der Waals surface area contributed by atoms with E-state index in [9.17, 15) is 9.59 Å². The number of ether oxygens (including phenoxy) is 1. The Morgan fingerprint density at radius 1 is 1.37 bits per heavy atom. The van der Waals surface area contributed by atoms with Crippen LogP contribution in [-0.4, -0.2) is 24.6 Å². The van der Waals surface area contributed by atoms with Crippen LogP contribution in [0.5, 0.6) is 0 Å². The molecule has 0 bridgehead atoms. The first-order valence-corrected chi connectivity index (χ1v) is 6.54. The number of carbonyl (C=O) groups excluding carboxylic acids is 2. The molecule has 5 heteroatoms. The molecule has 0 aromatic carbocycles. The third-order valence-electron chi connectivity index (χ3n) is 3.02. The standard InChI is InChI=1S/C14H26N2O3/c1-6-10(2)12(17)16-11(14(3,4)5)8-7-9-19-13(15)18/h6,11H,7-9H2,1-5H3,(H2,15,18)(H,16,17). The summed E-state index contributed by atoms with van der Waals surface area (Å²) in [6.45, 7) is 10.1. The number of allylic oxidation sites excluding steroid dienone is 1. The van der Waals surface area contributed by atoms with E-state index in [4.69, 9.17) is 10.5 Å². The summed E-state index contributed by atoms with van der Waals surface area (Å²) in [5, 5.41) is 3.02. The molecule has 0 aromatic rings. The summed E-state index contributed by atoms with van der Waals surface area (Å²) in [6.07, 6.45) is 2.42. The van der Waals surface area contributed by atoms with Crippen LogP contribution >= 0.6 is 0 Å². The summed E-state index contributed by atoms with van der Waals surface area (Å²) >= 11 is 0. The molecule has 5 nitrogen and oxygen atoms in total. The van der Waals surface area contributed by atoms with Gasteiger partial charge in [0.25, 0.3) is 0 Å². The van der Waals surface area contributed by atoms with Gasteiger partial charge in [0.2, 0.25) is 5.91 Å². The number of rotatable bonds is 6. The van der Waals surface area contributed by atoms with Gasteiger partial charge in [0.15, 0.2) is 0 Å². The van der Waals surface area contributed by atoms with Crippen LogP contribution in [-0.2, 0) is 9.53 Å². The Labute approximate surface area is 115 Å². The van der Waals surface area contributed by atoms with Crippen LogP contribution in [0.2, 0.25) is 0 Å². The van der Waals surface area contributed by atoms with Crippen molar-refractivity contribution in [3.63, 3.8) is 0 Å². The minimum Gasteiger partial charge on any atom is -0.450 e. The number of nitrogens with one attached hydrogen (secondary N) is 1. The van der Waals surface area contributed by atoms with Gasteiger partial charge < -0.3 is 15.8 Å². The Morgan fingerprint density at radius 2 is 1.95 bits per heavy atom. The van der Waals surface area contributed by atoms with E-state index in [1.165, 1.54) is 0 Å². The van der Waals surface area contributed by atoms with Crippen LogP contribution in [0.1, 0.15) is 47.5 Å². The fourth-order valence-corrected chi connectivity index (χ4v) is 1.59. The molecule has 1 unspecified atom stereocenters. The predicted octanol–water partition coefficient (Wildman–Crippen LogP) is 2.36. The van der Waals surface area contributed by atoms with Gasteiger partial charge in [-0.25, -0.2) is 4.79 Å². The average Bonchev–Trinajstić information content (AvgIpc) is 2.29. The van der Waals surface area contributed by atoms with Gasteiger partial charge in [0, 0.05) is 11.6 Å². The van der Waals surface area contributed by atoms with Gasteiger partial charge in [0.05, 0.1) is 6.61 Å². The van der Waals surface area contributed by atoms with E-state index in [-0.39, 0.29) is 24.0 Å². The number of amides is 2. The minimum absolute atomic E-state index is 0.0198. The molecule has 0 fully saturated rings. The Morgan fingerprint density at radius 3 is 2.37 bits per heavy atom. The molecule has 110 valence electrons. The summed E-state index contributed by atoms with van der Waals surface area (Å²) in [4.78, 5) is 22.4. The quantitative estimate of drug-likeness (QED) is 0.574. The molecule has 0 rings (SSSR count). The largest absolute Gasteiger partial charge is 0.450 e. The second-order valence-corrected chi connectivity index (χ2v) is 5.67. The maximum Gasteiger partial charge on any atom is 0.404 e. The van der Waals surface area contributed by atoms with Gasteiger partial charge in [-0.1, -0.05) is 26.8 Å². The van der Waals surface area contributed by atoms with Crippen molar-refractivity contribution < 1.29 is 14.3 Å². The topological polar surface area (TPSA) is 81.4 Å². The summed E-state index contributed by atoms with van der Waals surface area (Å²) in [5.74, 6) is -0.0572. The molecule has 0 saturated carbocycles. The molecule has 0 spiro atoms. The zero-order chi connectivity index (χ0) is 15.1. The van der Waals surface area contributed by atoms with Gasteiger partial charge in [-0.3, -0.25) is 4.79 Å². The van der Waals surface area contributed by atoms with Crippen LogP contribution in [0, 0.1) is 5.41 Å². The van der Waals surface area contributed by atoms with Crippen molar-refractivity contribution in [1.82, 2.24) is 5.32 Å². The highest BCUT2D eigenvalue weighted by Gasteiger charge is 2.26. The molecule has 2 amide bonds. The second-order valence-electron chi connectivity index (χ2n) is 5.67. The molecule has 0 aliphatic carbocycles. The van der Waals surface area contributed by atoms with Crippen molar-refractivity contribution in [2.45, 2.75) is 53.5 Å². The normalized spacial score (nSPS) is 13.8. The summed E-state index contributed by atoms with van der Waals surface area (Å²) in [7, 11) is 0. The van der Waals surface area contributed by atoms with E-state index in [0.29, 0.717) is 12.0 Å². The first-order chi connectivity index (χ1) is 8.68. The number of primary amides is 1. The molecule has 0 heterocycles. The van der Waals surface area contributed by atoms with Crippen molar-refractivity contribution in [3.05, 3.63) is 11.6 Å². The van der Waals surface area contributed by atoms with Crippen molar-refractivity contribution in [1.29, 1.82) is 0 Å². The van der Waals surface area contributed by atoms with Crippen molar-refractivity contribution >= 4 is 12.0 Å². The molecular formula is C14H26N2O3. The Hall–Kier alpha value is -1.52. The van der Waals surface area contributed by atoms with Crippen molar-refractivity contribution in [2.75, 3.05) is 6.61 Å². The minimum atomic E-state index is -0.763. The summed E-state index contributed by atoms with van der Waals surface area (Å²) in [5.41, 5.74) is 5.53. The maximum absolute atomic E-state index is 11.9. The number of nitrogens with two attached hydrogens (primary N) is 1. The van der Waals surface area contributed by atoms with E-state index >= 15 is 0 Å². The number of hydrogen-bond acceptors (Lipinski definition) is 3. The molecule has 1 atom stereocenters. The fourth-order valence-electron chi connectivity index (χ4n) is 1.59. The lowest BCUT2D eigenvalue weighted by Crippen LogP contribution is -2.44. The Bertz CT molecular complexity index is 343. The fraction of sp³-hybridized carbons (Fsp3) is 0.714. The molecule has 0 aliphatic rings. The predicted molar refractivity (Wildman–Crippen MR) is 75.6 cm³/mol. The van der Waals surface area contributed by atoms with E-state index in [1.54, 1.807) is 13.0 Å². The average molecular weight is 270 g/mol. The Balaban J connectivity index is 4.41. The van der Waals surface area contributed by atoms with Crippen molar-refractivity contribution in [2.24, 2.45) is 11.1 Å². The van der Waals surface area contributed by atoms with Crippen LogP contribution in [0.25, 0.3) is 0 Å². The molecule has 0 aliphatic heterocycles. The van der Waals surface area contributed by atoms with E-state index in [0.717, 1.165) is 6.42 Å². The highest BCUT2D eigenvalue weighted by Crippen LogP contribution is 2.23.